The van der Waals surface area contributed by atoms with E-state index >= 15 is 0 Å². The first kappa shape index (κ1) is 19.0. The Morgan fingerprint density at radius 2 is 1.55 bits per heavy atom. The van der Waals surface area contributed by atoms with E-state index in [1.807, 2.05) is 42.5 Å². The van der Waals surface area contributed by atoms with Crippen LogP contribution in [0, 0.1) is 5.82 Å². The fourth-order valence-electron chi connectivity index (χ4n) is 3.10. The van der Waals surface area contributed by atoms with E-state index in [-0.39, 0.29) is 17.2 Å². The topological polar surface area (TPSA) is 55.4 Å². The van der Waals surface area contributed by atoms with Crippen LogP contribution >= 0.6 is 0 Å². The molecule has 0 atom stereocenters. The zero-order valence-electron chi connectivity index (χ0n) is 15.4. The summed E-state index contributed by atoms with van der Waals surface area (Å²) < 4.78 is 47.3. The van der Waals surface area contributed by atoms with E-state index in [1.54, 1.807) is 30.3 Å². The van der Waals surface area contributed by atoms with Gasteiger partial charge in [0, 0.05) is 17.5 Å². The highest BCUT2D eigenvalue weighted by atomic mass is 32.2. The largest absolute Gasteiger partial charge is 0.457 e. The van der Waals surface area contributed by atoms with E-state index in [1.165, 1.54) is 12.1 Å². The molecule has 0 spiro atoms. The fraction of sp³-hybridized carbons (Fsp3) is 0.0435. The summed E-state index contributed by atoms with van der Waals surface area (Å²) in [6, 6.07) is 25.9. The maximum absolute atomic E-state index is 14.1. The third kappa shape index (κ3) is 4.73. The number of sulfonamides is 1. The van der Waals surface area contributed by atoms with Gasteiger partial charge < -0.3 is 4.74 Å². The SMILES string of the molecule is O=S(=O)(Cc1ccccc1)Nc1cc(F)cc(Oc2cccc3ccccc23)c1. The number of hydrogen-bond acceptors (Lipinski definition) is 3. The molecule has 0 aliphatic heterocycles. The van der Waals surface area contributed by atoms with Crippen molar-refractivity contribution in [1.82, 2.24) is 0 Å². The zero-order valence-corrected chi connectivity index (χ0v) is 16.2. The first-order valence-electron chi connectivity index (χ1n) is 8.99. The molecule has 0 aromatic heterocycles. The van der Waals surface area contributed by atoms with Crippen molar-refractivity contribution in [2.24, 2.45) is 0 Å². The summed E-state index contributed by atoms with van der Waals surface area (Å²) >= 11 is 0. The second-order valence-corrected chi connectivity index (χ2v) is 8.32. The molecule has 4 aromatic rings. The molecule has 0 bridgehead atoms. The van der Waals surface area contributed by atoms with Crippen LogP contribution in [-0.2, 0) is 15.8 Å². The number of nitrogens with one attached hydrogen (secondary N) is 1. The van der Waals surface area contributed by atoms with Crippen molar-refractivity contribution < 1.29 is 17.5 Å². The monoisotopic (exact) mass is 407 g/mol. The summed E-state index contributed by atoms with van der Waals surface area (Å²) in [7, 11) is -3.70. The van der Waals surface area contributed by atoms with E-state index in [0.29, 0.717) is 11.3 Å². The molecule has 0 amide bonds. The van der Waals surface area contributed by atoms with Gasteiger partial charge in [0.15, 0.2) is 0 Å². The maximum atomic E-state index is 14.1. The van der Waals surface area contributed by atoms with Crippen LogP contribution < -0.4 is 9.46 Å². The van der Waals surface area contributed by atoms with Crippen LogP contribution in [0.2, 0.25) is 0 Å². The van der Waals surface area contributed by atoms with E-state index in [2.05, 4.69) is 4.72 Å². The van der Waals surface area contributed by atoms with Crippen LogP contribution in [0.15, 0.2) is 91.0 Å². The Bertz CT molecular complexity index is 1250. The molecule has 0 aliphatic carbocycles. The van der Waals surface area contributed by atoms with Crippen molar-refractivity contribution in [3.63, 3.8) is 0 Å². The number of benzene rings is 4. The predicted molar refractivity (Wildman–Crippen MR) is 113 cm³/mol. The summed E-state index contributed by atoms with van der Waals surface area (Å²) in [5, 5.41) is 1.87. The Morgan fingerprint density at radius 3 is 2.38 bits per heavy atom. The lowest BCUT2D eigenvalue weighted by atomic mass is 10.1. The van der Waals surface area contributed by atoms with Crippen molar-refractivity contribution in [3.05, 3.63) is 102 Å². The van der Waals surface area contributed by atoms with E-state index in [9.17, 15) is 12.8 Å². The van der Waals surface area contributed by atoms with Gasteiger partial charge in [0.1, 0.15) is 17.3 Å². The summed E-state index contributed by atoms with van der Waals surface area (Å²) in [4.78, 5) is 0. The van der Waals surface area contributed by atoms with Crippen molar-refractivity contribution in [2.75, 3.05) is 4.72 Å². The predicted octanol–water partition coefficient (Wildman–Crippen LogP) is 5.71. The Morgan fingerprint density at radius 1 is 0.828 bits per heavy atom. The molecule has 6 heteroatoms. The van der Waals surface area contributed by atoms with Crippen molar-refractivity contribution >= 4 is 26.5 Å². The first-order valence-corrected chi connectivity index (χ1v) is 10.6. The van der Waals surface area contributed by atoms with Gasteiger partial charge >= 0.3 is 0 Å². The quantitative estimate of drug-likeness (QED) is 0.445. The molecule has 29 heavy (non-hydrogen) atoms. The molecule has 4 rings (SSSR count). The molecular weight excluding hydrogens is 389 g/mol. The zero-order chi connectivity index (χ0) is 20.3. The summed E-state index contributed by atoms with van der Waals surface area (Å²) in [5.41, 5.74) is 0.750. The summed E-state index contributed by atoms with van der Waals surface area (Å²) in [6.45, 7) is 0. The molecule has 4 nitrogen and oxygen atoms in total. The smallest absolute Gasteiger partial charge is 0.236 e. The molecule has 0 heterocycles. The average Bonchev–Trinajstić information content (AvgIpc) is 2.68. The number of rotatable bonds is 6. The minimum absolute atomic E-state index is 0.108. The molecule has 1 N–H and O–H groups in total. The molecule has 0 radical (unpaired) electrons. The molecular formula is C23H18FNO3S. The standard InChI is InChI=1S/C23H18FNO3S/c24-19-13-20(25-29(26,27)16-17-7-2-1-3-8-17)15-21(14-19)28-23-12-6-10-18-9-4-5-11-22(18)23/h1-15,25H,16H2. The van der Waals surface area contributed by atoms with Gasteiger partial charge in [0.25, 0.3) is 0 Å². The number of halogens is 1. The Balaban J connectivity index is 1.59. The van der Waals surface area contributed by atoms with Gasteiger partial charge in [-0.1, -0.05) is 66.7 Å². The van der Waals surface area contributed by atoms with Crippen LogP contribution in [0.25, 0.3) is 10.8 Å². The van der Waals surface area contributed by atoms with Gasteiger partial charge in [-0.3, -0.25) is 4.72 Å². The fourth-order valence-corrected chi connectivity index (χ4v) is 4.28. The second-order valence-electron chi connectivity index (χ2n) is 6.60. The highest BCUT2D eigenvalue weighted by Gasteiger charge is 2.14. The van der Waals surface area contributed by atoms with E-state index < -0.39 is 15.8 Å². The molecule has 0 aliphatic rings. The number of fused-ring (bicyclic) bond motifs is 1. The van der Waals surface area contributed by atoms with Crippen molar-refractivity contribution in [2.45, 2.75) is 5.75 Å². The molecule has 146 valence electrons. The van der Waals surface area contributed by atoms with Crippen LogP contribution in [0.1, 0.15) is 5.56 Å². The Kier molecular flexibility index (Phi) is 5.18. The minimum Gasteiger partial charge on any atom is -0.457 e. The highest BCUT2D eigenvalue weighted by molar-refractivity contribution is 7.91. The van der Waals surface area contributed by atoms with E-state index in [4.69, 9.17) is 4.74 Å². The first-order chi connectivity index (χ1) is 14.0. The summed E-state index contributed by atoms with van der Waals surface area (Å²) in [5.74, 6) is -0.0325. The molecule has 0 saturated heterocycles. The van der Waals surface area contributed by atoms with Crippen LogP contribution in [-0.4, -0.2) is 8.42 Å². The lowest BCUT2D eigenvalue weighted by Gasteiger charge is -2.12. The van der Waals surface area contributed by atoms with Gasteiger partial charge in [-0.25, -0.2) is 12.8 Å². The van der Waals surface area contributed by atoms with Crippen LogP contribution in [0.3, 0.4) is 0 Å². The number of ether oxygens (including phenoxy) is 1. The molecule has 0 unspecified atom stereocenters. The molecule has 0 fully saturated rings. The van der Waals surface area contributed by atoms with Gasteiger partial charge in [0.2, 0.25) is 10.0 Å². The minimum atomic E-state index is -3.70. The third-order valence-electron chi connectivity index (χ3n) is 4.32. The number of hydrogen-bond donors (Lipinski definition) is 1. The lowest BCUT2D eigenvalue weighted by molar-refractivity contribution is 0.482. The summed E-state index contributed by atoms with van der Waals surface area (Å²) in [6.07, 6.45) is 0. The highest BCUT2D eigenvalue weighted by Crippen LogP contribution is 2.31. The Hall–Kier alpha value is -3.38. The van der Waals surface area contributed by atoms with E-state index in [0.717, 1.165) is 16.8 Å². The maximum Gasteiger partial charge on any atom is 0.236 e. The average molecular weight is 407 g/mol. The molecule has 4 aromatic carbocycles. The van der Waals surface area contributed by atoms with Crippen LogP contribution in [0.5, 0.6) is 11.5 Å². The van der Waals surface area contributed by atoms with Gasteiger partial charge in [0.05, 0.1) is 11.4 Å². The Labute approximate surface area is 168 Å². The second kappa shape index (κ2) is 7.93. The van der Waals surface area contributed by atoms with Crippen molar-refractivity contribution in [3.8, 4) is 11.5 Å². The van der Waals surface area contributed by atoms with Crippen LogP contribution in [0.4, 0.5) is 10.1 Å². The van der Waals surface area contributed by atoms with Gasteiger partial charge in [-0.05, 0) is 23.1 Å². The third-order valence-corrected chi connectivity index (χ3v) is 5.58. The normalized spacial score (nSPS) is 11.3. The molecule has 0 saturated carbocycles. The van der Waals surface area contributed by atoms with Crippen molar-refractivity contribution in [1.29, 1.82) is 0 Å². The lowest BCUT2D eigenvalue weighted by Crippen LogP contribution is -2.15. The van der Waals surface area contributed by atoms with Gasteiger partial charge in [-0.2, -0.15) is 0 Å². The van der Waals surface area contributed by atoms with Gasteiger partial charge in [-0.15, -0.1) is 0 Å². The number of anilines is 1.